The van der Waals surface area contributed by atoms with Crippen LogP contribution in [0, 0.1) is 5.82 Å². The van der Waals surface area contributed by atoms with Gasteiger partial charge in [0.25, 0.3) is 0 Å². The maximum atomic E-state index is 14.1. The Balaban J connectivity index is 1.45. The van der Waals surface area contributed by atoms with Crippen molar-refractivity contribution in [3.63, 3.8) is 0 Å². The van der Waals surface area contributed by atoms with Gasteiger partial charge in [0, 0.05) is 24.0 Å². The van der Waals surface area contributed by atoms with Gasteiger partial charge in [0.2, 0.25) is 10.0 Å². The number of rotatable bonds is 4. The van der Waals surface area contributed by atoms with E-state index in [1.807, 2.05) is 13.8 Å². The first-order chi connectivity index (χ1) is 15.6. The number of ether oxygens (including phenoxy) is 1. The van der Waals surface area contributed by atoms with Crippen molar-refractivity contribution < 1.29 is 22.3 Å². The molecule has 1 saturated carbocycles. The zero-order valence-corrected chi connectivity index (χ0v) is 20.7. The van der Waals surface area contributed by atoms with Crippen LogP contribution in [0.4, 0.5) is 14.9 Å². The monoisotopic (exact) mass is 481 g/mol. The molecule has 2 aliphatic heterocycles. The van der Waals surface area contributed by atoms with Gasteiger partial charge in [0.1, 0.15) is 5.82 Å². The Morgan fingerprint density at radius 3 is 2.58 bits per heavy atom. The Bertz CT molecular complexity index is 976. The summed E-state index contributed by atoms with van der Waals surface area (Å²) in [5.74, 6) is -0.322. The first-order valence-corrected chi connectivity index (χ1v) is 13.9. The summed E-state index contributed by atoms with van der Waals surface area (Å²) in [5.41, 5.74) is 1.10. The van der Waals surface area contributed by atoms with Crippen molar-refractivity contribution >= 4 is 21.8 Å². The van der Waals surface area contributed by atoms with E-state index >= 15 is 0 Å². The highest BCUT2D eigenvalue weighted by atomic mass is 32.2. The van der Waals surface area contributed by atoms with Crippen molar-refractivity contribution in [2.75, 3.05) is 30.2 Å². The number of nitrogens with zero attached hydrogens (tertiary/aromatic N) is 2. The molecule has 2 heterocycles. The third-order valence-corrected chi connectivity index (χ3v) is 8.60. The van der Waals surface area contributed by atoms with E-state index in [-0.39, 0.29) is 29.5 Å². The second-order valence-electron chi connectivity index (χ2n) is 10.2. The highest BCUT2D eigenvalue weighted by Gasteiger charge is 2.48. The number of sulfonamides is 1. The summed E-state index contributed by atoms with van der Waals surface area (Å²) in [6.45, 7) is 5.74. The topological polar surface area (TPSA) is 79.0 Å². The average molecular weight is 482 g/mol. The molecule has 2 atom stereocenters. The average Bonchev–Trinajstić information content (AvgIpc) is 2.87. The second kappa shape index (κ2) is 9.41. The van der Waals surface area contributed by atoms with Gasteiger partial charge >= 0.3 is 6.09 Å². The molecule has 3 aliphatic rings. The molecule has 0 radical (unpaired) electrons. The van der Waals surface area contributed by atoms with Crippen LogP contribution in [0.15, 0.2) is 18.2 Å². The number of halogens is 1. The summed E-state index contributed by atoms with van der Waals surface area (Å²) in [6, 6.07) is 4.94. The number of benzene rings is 1. The van der Waals surface area contributed by atoms with Gasteiger partial charge in [-0.05, 0) is 82.8 Å². The van der Waals surface area contributed by atoms with E-state index in [0.717, 1.165) is 63.6 Å². The Hall–Kier alpha value is -1.87. The highest BCUT2D eigenvalue weighted by Crippen LogP contribution is 2.48. The molecule has 1 N–H and O–H groups in total. The zero-order chi connectivity index (χ0) is 23.8. The van der Waals surface area contributed by atoms with E-state index in [2.05, 4.69) is 10.2 Å². The number of hydrogen-bond donors (Lipinski definition) is 1. The van der Waals surface area contributed by atoms with Gasteiger partial charge in [0.05, 0.1) is 18.0 Å². The number of nitrogens with one attached hydrogen (secondary N) is 1. The third kappa shape index (κ3) is 5.29. The molecule has 184 valence electrons. The van der Waals surface area contributed by atoms with E-state index < -0.39 is 10.0 Å². The van der Waals surface area contributed by atoms with E-state index in [0.29, 0.717) is 18.3 Å². The minimum absolute atomic E-state index is 0.0988. The van der Waals surface area contributed by atoms with Crippen molar-refractivity contribution in [3.05, 3.63) is 29.6 Å². The van der Waals surface area contributed by atoms with Gasteiger partial charge in [0.15, 0.2) is 0 Å². The van der Waals surface area contributed by atoms with Crippen molar-refractivity contribution in [2.24, 2.45) is 0 Å². The molecule has 2 fully saturated rings. The lowest BCUT2D eigenvalue weighted by atomic mass is 9.74. The number of amides is 1. The Morgan fingerprint density at radius 2 is 1.91 bits per heavy atom. The summed E-state index contributed by atoms with van der Waals surface area (Å²) in [6.07, 6.45) is 7.45. The molecule has 7 nitrogen and oxygen atoms in total. The number of hydrogen-bond acceptors (Lipinski definition) is 5. The predicted octanol–water partition coefficient (Wildman–Crippen LogP) is 3.77. The van der Waals surface area contributed by atoms with Crippen molar-refractivity contribution in [1.29, 1.82) is 0 Å². The minimum Gasteiger partial charge on any atom is -0.447 e. The third-order valence-electron chi connectivity index (χ3n) is 7.48. The van der Waals surface area contributed by atoms with Gasteiger partial charge in [-0.1, -0.05) is 12.8 Å². The van der Waals surface area contributed by atoms with Gasteiger partial charge in [-0.15, -0.1) is 0 Å². The number of anilines is 1. The van der Waals surface area contributed by atoms with Gasteiger partial charge in [-0.25, -0.2) is 17.6 Å². The van der Waals surface area contributed by atoms with Gasteiger partial charge in [-0.3, -0.25) is 4.31 Å². The fraction of sp³-hybridized carbons (Fsp3) is 0.708. The predicted molar refractivity (Wildman–Crippen MR) is 126 cm³/mol. The minimum atomic E-state index is -3.43. The first kappa shape index (κ1) is 24.3. The molecule has 1 aliphatic carbocycles. The quantitative estimate of drug-likeness (QED) is 0.663. The summed E-state index contributed by atoms with van der Waals surface area (Å²) in [5, 5.41) is 3.05. The lowest BCUT2D eigenvalue weighted by Crippen LogP contribution is -2.50. The highest BCUT2D eigenvalue weighted by molar-refractivity contribution is 7.92. The summed E-state index contributed by atoms with van der Waals surface area (Å²) < 4.78 is 45.7. The van der Waals surface area contributed by atoms with Crippen LogP contribution in [-0.4, -0.2) is 63.5 Å². The number of piperidine rings is 1. The van der Waals surface area contributed by atoms with Crippen LogP contribution in [0.2, 0.25) is 0 Å². The molecule has 9 heteroatoms. The molecule has 1 aromatic rings. The fourth-order valence-corrected chi connectivity index (χ4v) is 6.85. The van der Waals surface area contributed by atoms with Crippen LogP contribution < -0.4 is 9.62 Å². The molecule has 1 spiro atoms. The van der Waals surface area contributed by atoms with Crippen molar-refractivity contribution in [1.82, 2.24) is 10.2 Å². The molecule has 33 heavy (non-hydrogen) atoms. The maximum Gasteiger partial charge on any atom is 0.407 e. The molecular weight excluding hydrogens is 445 g/mol. The van der Waals surface area contributed by atoms with Crippen LogP contribution in [0.25, 0.3) is 0 Å². The molecule has 0 bridgehead atoms. The van der Waals surface area contributed by atoms with Crippen LogP contribution in [0.5, 0.6) is 0 Å². The summed E-state index contributed by atoms with van der Waals surface area (Å²) in [4.78, 5) is 14.6. The van der Waals surface area contributed by atoms with E-state index in [4.69, 9.17) is 4.74 Å². The number of fused-ring (bicyclic) bond motifs is 2. The summed E-state index contributed by atoms with van der Waals surface area (Å²) in [7, 11) is -3.43. The van der Waals surface area contributed by atoms with Gasteiger partial charge in [-0.2, -0.15) is 0 Å². The lowest BCUT2D eigenvalue weighted by Gasteiger charge is -2.43. The van der Waals surface area contributed by atoms with Crippen LogP contribution in [-0.2, 0) is 20.2 Å². The molecule has 0 aromatic heterocycles. The molecular formula is C24H36FN3O4S. The zero-order valence-electron chi connectivity index (χ0n) is 19.8. The van der Waals surface area contributed by atoms with Crippen molar-refractivity contribution in [3.8, 4) is 0 Å². The number of carbonyl (C=O) groups is 1. The number of carbonyl (C=O) groups excluding carboxylic acids is 1. The maximum absolute atomic E-state index is 14.1. The molecule has 4 rings (SSSR count). The Morgan fingerprint density at radius 1 is 1.21 bits per heavy atom. The van der Waals surface area contributed by atoms with E-state index in [1.165, 1.54) is 22.7 Å². The summed E-state index contributed by atoms with van der Waals surface area (Å²) >= 11 is 0. The Labute approximate surface area is 196 Å². The SMILES string of the molecule is CC(C)OC(=O)NC1CCCCC(N2CCC3(CC2)CN(S(C)(=O)=O)c2ccc(F)cc23)C1. The largest absolute Gasteiger partial charge is 0.447 e. The fourth-order valence-electron chi connectivity index (χ4n) is 5.85. The smallest absolute Gasteiger partial charge is 0.407 e. The molecule has 1 amide bonds. The number of alkyl carbamates (subject to hydrolysis) is 1. The number of likely N-dealkylation sites (tertiary alicyclic amines) is 1. The van der Waals surface area contributed by atoms with Gasteiger partial charge < -0.3 is 15.0 Å². The van der Waals surface area contributed by atoms with E-state index in [1.54, 1.807) is 6.07 Å². The van der Waals surface area contributed by atoms with Crippen LogP contribution >= 0.6 is 0 Å². The van der Waals surface area contributed by atoms with Crippen molar-refractivity contribution in [2.45, 2.75) is 82.4 Å². The molecule has 1 saturated heterocycles. The second-order valence-corrected chi connectivity index (χ2v) is 12.1. The standard InChI is InChI=1S/C24H36FN3O4S/c1-17(2)32-23(29)26-19-6-4-5-7-20(15-19)27-12-10-24(11-13-27)16-28(33(3,30)31)22-9-8-18(25)14-21(22)24/h8-9,14,17,19-20H,4-7,10-13,15-16H2,1-3H3,(H,26,29). The molecule has 1 aromatic carbocycles. The van der Waals surface area contributed by atoms with E-state index in [9.17, 15) is 17.6 Å². The Kier molecular flexibility index (Phi) is 6.92. The molecule has 2 unspecified atom stereocenters. The normalized spacial score (nSPS) is 25.7. The first-order valence-electron chi connectivity index (χ1n) is 12.1. The van der Waals surface area contributed by atoms with Crippen LogP contribution in [0.3, 0.4) is 0 Å². The van der Waals surface area contributed by atoms with Crippen LogP contribution in [0.1, 0.15) is 64.4 Å². The lowest BCUT2D eigenvalue weighted by molar-refractivity contribution is 0.0967.